The average molecular weight is 478 g/mol. The van der Waals surface area contributed by atoms with Crippen molar-refractivity contribution in [1.82, 2.24) is 4.98 Å². The van der Waals surface area contributed by atoms with Crippen molar-refractivity contribution in [3.05, 3.63) is 88.6 Å². The minimum Gasteiger partial charge on any atom is -0.478 e. The summed E-state index contributed by atoms with van der Waals surface area (Å²) in [5.41, 5.74) is 5.25. The molecule has 1 aliphatic rings. The highest BCUT2D eigenvalue weighted by Crippen LogP contribution is 2.30. The molecular weight excluding hydrogens is 450 g/mol. The van der Waals surface area contributed by atoms with E-state index >= 15 is 0 Å². The van der Waals surface area contributed by atoms with Crippen LogP contribution in [0.3, 0.4) is 0 Å². The van der Waals surface area contributed by atoms with Crippen molar-refractivity contribution in [1.29, 1.82) is 0 Å². The quantitative estimate of drug-likeness (QED) is 0.529. The normalized spacial score (nSPS) is 14.0. The van der Waals surface area contributed by atoms with E-state index in [1.807, 2.05) is 24.0 Å². The van der Waals surface area contributed by atoms with Crippen LogP contribution in [0, 0.1) is 20.8 Å². The maximum Gasteiger partial charge on any atom is 0.339 e. The molecule has 4 rings (SSSR count). The molecule has 2 aromatic carbocycles. The maximum absolute atomic E-state index is 12.9. The molecule has 0 radical (unpaired) electrons. The third-order valence-corrected chi connectivity index (χ3v) is 7.51. The Morgan fingerprint density at radius 3 is 2.47 bits per heavy atom. The number of nitrogens with one attached hydrogen (secondary N) is 1. The predicted octanol–water partition coefficient (Wildman–Crippen LogP) is 4.80. The molecule has 1 aromatic heterocycles. The van der Waals surface area contributed by atoms with Crippen molar-refractivity contribution in [2.45, 2.75) is 32.1 Å². The van der Waals surface area contributed by atoms with E-state index in [0.29, 0.717) is 24.5 Å². The highest BCUT2D eigenvalue weighted by Gasteiger charge is 2.23. The van der Waals surface area contributed by atoms with Crippen LogP contribution in [0.5, 0.6) is 0 Å². The van der Waals surface area contributed by atoms with Gasteiger partial charge in [0.2, 0.25) is 0 Å². The number of carboxylic acids is 1. The van der Waals surface area contributed by atoms with Crippen molar-refractivity contribution in [2.75, 3.05) is 22.7 Å². The molecule has 0 saturated heterocycles. The van der Waals surface area contributed by atoms with Crippen molar-refractivity contribution < 1.29 is 18.3 Å². The third kappa shape index (κ3) is 4.82. The van der Waals surface area contributed by atoms with Gasteiger partial charge in [0, 0.05) is 13.1 Å². The number of carboxylic acid groups (broad SMARTS) is 1. The summed E-state index contributed by atoms with van der Waals surface area (Å²) in [5, 5.41) is 9.82. The van der Waals surface area contributed by atoms with Crippen molar-refractivity contribution in [2.24, 2.45) is 0 Å². The molecule has 0 unspecified atom stereocenters. The first-order valence-electron chi connectivity index (χ1n) is 11.0. The van der Waals surface area contributed by atoms with Crippen LogP contribution >= 0.6 is 0 Å². The van der Waals surface area contributed by atoms with Gasteiger partial charge < -0.3 is 10.0 Å². The number of pyridine rings is 1. The summed E-state index contributed by atoms with van der Waals surface area (Å²) in [5.74, 6) is -0.842. The number of sulfonamides is 1. The summed E-state index contributed by atoms with van der Waals surface area (Å²) in [6.07, 6.45) is 4.21. The highest BCUT2D eigenvalue weighted by atomic mass is 32.2. The molecule has 2 heterocycles. The molecule has 2 N–H and O–H groups in total. The first-order valence-corrected chi connectivity index (χ1v) is 12.5. The van der Waals surface area contributed by atoms with Crippen LogP contribution < -0.4 is 9.62 Å². The molecule has 176 valence electrons. The lowest BCUT2D eigenvalue weighted by molar-refractivity contribution is 0.0697. The molecule has 0 aliphatic carbocycles. The van der Waals surface area contributed by atoms with E-state index in [2.05, 4.69) is 34.8 Å². The molecule has 1 aliphatic heterocycles. The third-order valence-electron chi connectivity index (χ3n) is 5.97. The highest BCUT2D eigenvalue weighted by molar-refractivity contribution is 7.92. The molecule has 0 spiro atoms. The van der Waals surface area contributed by atoms with Gasteiger partial charge in [-0.2, -0.15) is 0 Å². The summed E-state index contributed by atoms with van der Waals surface area (Å²) < 4.78 is 28.3. The van der Waals surface area contributed by atoms with Gasteiger partial charge in [-0.3, -0.25) is 4.72 Å². The first kappa shape index (κ1) is 23.5. The number of aryl methyl sites for hydroxylation is 3. The summed E-state index contributed by atoms with van der Waals surface area (Å²) in [4.78, 5) is 18.4. The molecule has 0 atom stereocenters. The van der Waals surface area contributed by atoms with Gasteiger partial charge in [-0.25, -0.2) is 18.2 Å². The zero-order valence-corrected chi connectivity index (χ0v) is 20.2. The molecule has 0 bridgehead atoms. The van der Waals surface area contributed by atoms with Crippen LogP contribution in [0.1, 0.15) is 39.0 Å². The van der Waals surface area contributed by atoms with Gasteiger partial charge in [-0.15, -0.1) is 0 Å². The largest absolute Gasteiger partial charge is 0.478 e. The lowest BCUT2D eigenvalue weighted by atomic mass is 9.95. The number of anilines is 2. The number of hydrogen-bond donors (Lipinski definition) is 2. The fraction of sp³-hybridized carbons (Fsp3) is 0.231. The summed E-state index contributed by atoms with van der Waals surface area (Å²) in [7, 11) is -3.89. The van der Waals surface area contributed by atoms with Crippen LogP contribution in [0.25, 0.3) is 5.57 Å². The second-order valence-corrected chi connectivity index (χ2v) is 10.2. The Kier molecular flexibility index (Phi) is 6.43. The molecule has 0 fully saturated rings. The fourth-order valence-electron chi connectivity index (χ4n) is 4.27. The Morgan fingerprint density at radius 1 is 1.06 bits per heavy atom. The zero-order valence-electron chi connectivity index (χ0n) is 19.4. The number of rotatable bonds is 6. The predicted molar refractivity (Wildman–Crippen MR) is 134 cm³/mol. The average Bonchev–Trinajstić information content (AvgIpc) is 2.79. The maximum atomic E-state index is 12.9. The van der Waals surface area contributed by atoms with E-state index in [9.17, 15) is 18.3 Å². The van der Waals surface area contributed by atoms with E-state index in [1.165, 1.54) is 29.0 Å². The number of carbonyl (C=O) groups is 1. The van der Waals surface area contributed by atoms with Gasteiger partial charge in [0.1, 0.15) is 11.4 Å². The standard InChI is InChI=1S/C26H27N3O4S/c1-17-8-9-24(19(3)14-17)34(32,33)28-21-15-23(26(30)31)25(27-16-21)29-12-10-20(11-13-29)22-7-5-4-6-18(22)2/h4-10,14-16,28H,11-13H2,1-3H3,(H,30,31). The van der Waals surface area contributed by atoms with E-state index < -0.39 is 16.0 Å². The number of aromatic carboxylic acids is 1. The van der Waals surface area contributed by atoms with Gasteiger partial charge >= 0.3 is 5.97 Å². The SMILES string of the molecule is Cc1ccc(S(=O)(=O)Nc2cnc(N3CC=C(c4ccccc4C)CC3)c(C(=O)O)c2)c(C)c1. The number of benzene rings is 2. The topological polar surface area (TPSA) is 99.6 Å². The Hall–Kier alpha value is -3.65. The number of aromatic nitrogens is 1. The lowest BCUT2D eigenvalue weighted by Gasteiger charge is -2.29. The summed E-state index contributed by atoms with van der Waals surface area (Å²) >= 11 is 0. The second-order valence-electron chi connectivity index (χ2n) is 8.52. The molecular formula is C26H27N3O4S. The zero-order chi connectivity index (χ0) is 24.5. The van der Waals surface area contributed by atoms with Gasteiger partial charge in [0.25, 0.3) is 10.0 Å². The van der Waals surface area contributed by atoms with E-state index in [4.69, 9.17) is 0 Å². The minimum absolute atomic E-state index is 0.0476. The molecule has 0 amide bonds. The lowest BCUT2D eigenvalue weighted by Crippen LogP contribution is -2.31. The first-order chi connectivity index (χ1) is 16.2. The van der Waals surface area contributed by atoms with Gasteiger partial charge in [-0.1, -0.05) is 48.0 Å². The summed E-state index contributed by atoms with van der Waals surface area (Å²) in [6, 6.07) is 14.6. The molecule has 0 saturated carbocycles. The van der Waals surface area contributed by atoms with Crippen LogP contribution in [-0.2, 0) is 10.0 Å². The van der Waals surface area contributed by atoms with Crippen LogP contribution in [-0.4, -0.2) is 37.6 Å². The monoisotopic (exact) mass is 477 g/mol. The Balaban J connectivity index is 1.59. The number of nitrogens with zero attached hydrogens (tertiary/aromatic N) is 2. The van der Waals surface area contributed by atoms with Gasteiger partial charge in [-0.05, 0) is 61.6 Å². The van der Waals surface area contributed by atoms with Crippen molar-refractivity contribution in [3.8, 4) is 0 Å². The van der Waals surface area contributed by atoms with Crippen molar-refractivity contribution in [3.63, 3.8) is 0 Å². The van der Waals surface area contributed by atoms with E-state index in [1.54, 1.807) is 25.1 Å². The van der Waals surface area contributed by atoms with Gasteiger partial charge in [0.15, 0.2) is 0 Å². The Morgan fingerprint density at radius 2 is 1.82 bits per heavy atom. The van der Waals surface area contributed by atoms with Crippen molar-refractivity contribution >= 4 is 33.1 Å². The molecule has 7 nitrogen and oxygen atoms in total. The second kappa shape index (κ2) is 9.30. The molecule has 8 heteroatoms. The van der Waals surface area contributed by atoms with Gasteiger partial charge in [0.05, 0.1) is 16.8 Å². The molecule has 34 heavy (non-hydrogen) atoms. The van der Waals surface area contributed by atoms with E-state index in [-0.39, 0.29) is 16.1 Å². The summed E-state index contributed by atoms with van der Waals surface area (Å²) in [6.45, 7) is 6.81. The van der Waals surface area contributed by atoms with Crippen LogP contribution in [0.15, 0.2) is 65.7 Å². The minimum atomic E-state index is -3.89. The molecule has 3 aromatic rings. The van der Waals surface area contributed by atoms with Crippen LogP contribution in [0.2, 0.25) is 0 Å². The Labute approximate surface area is 199 Å². The number of hydrogen-bond acceptors (Lipinski definition) is 5. The fourth-order valence-corrected chi connectivity index (χ4v) is 5.53. The van der Waals surface area contributed by atoms with E-state index in [0.717, 1.165) is 12.0 Å². The Bertz CT molecular complexity index is 1400. The smallest absolute Gasteiger partial charge is 0.339 e. The van der Waals surface area contributed by atoms with Crippen LogP contribution in [0.4, 0.5) is 11.5 Å².